The van der Waals surface area contributed by atoms with E-state index in [9.17, 15) is 13.2 Å². The van der Waals surface area contributed by atoms with Crippen molar-refractivity contribution in [1.82, 2.24) is 4.98 Å². The zero-order valence-electron chi connectivity index (χ0n) is 10.7. The van der Waals surface area contributed by atoms with Crippen LogP contribution in [0.2, 0.25) is 0 Å². The van der Waals surface area contributed by atoms with Crippen LogP contribution in [0.25, 0.3) is 5.57 Å². The molecule has 0 aliphatic rings. The van der Waals surface area contributed by atoms with Crippen LogP contribution in [0.5, 0.6) is 11.6 Å². The molecule has 0 bridgehead atoms. The van der Waals surface area contributed by atoms with E-state index in [4.69, 9.17) is 4.74 Å². The fraction of sp³-hybridized carbons (Fsp3) is 0.133. The summed E-state index contributed by atoms with van der Waals surface area (Å²) in [7, 11) is 0. The zero-order chi connectivity index (χ0) is 14.8. The van der Waals surface area contributed by atoms with E-state index in [0.29, 0.717) is 5.75 Å². The molecule has 0 atom stereocenters. The average molecular weight is 279 g/mol. The molecule has 104 valence electrons. The van der Waals surface area contributed by atoms with Gasteiger partial charge >= 0.3 is 6.18 Å². The molecule has 5 heteroatoms. The summed E-state index contributed by atoms with van der Waals surface area (Å²) in [6.07, 6.45) is -3.65. The summed E-state index contributed by atoms with van der Waals surface area (Å²) < 4.78 is 42.6. The number of nitrogens with zero attached hydrogens (tertiary/aromatic N) is 1. The quantitative estimate of drug-likeness (QED) is 0.795. The van der Waals surface area contributed by atoms with Gasteiger partial charge in [0.1, 0.15) is 5.75 Å². The van der Waals surface area contributed by atoms with Crippen molar-refractivity contribution < 1.29 is 17.9 Å². The van der Waals surface area contributed by atoms with E-state index in [-0.39, 0.29) is 5.88 Å². The first-order valence-corrected chi connectivity index (χ1v) is 5.83. The van der Waals surface area contributed by atoms with Crippen molar-refractivity contribution in [2.24, 2.45) is 0 Å². The second kappa shape index (κ2) is 5.36. The molecule has 0 saturated carbocycles. The molecule has 2 aromatic rings. The molecule has 0 spiro atoms. The van der Waals surface area contributed by atoms with Crippen LogP contribution in [0, 0.1) is 0 Å². The van der Waals surface area contributed by atoms with E-state index < -0.39 is 11.7 Å². The zero-order valence-corrected chi connectivity index (χ0v) is 10.7. The molecule has 0 amide bonds. The van der Waals surface area contributed by atoms with Crippen molar-refractivity contribution in [2.45, 2.75) is 13.1 Å². The second-order valence-corrected chi connectivity index (χ2v) is 4.29. The predicted molar refractivity (Wildman–Crippen MR) is 70.5 cm³/mol. The van der Waals surface area contributed by atoms with Gasteiger partial charge in [-0.25, -0.2) is 4.98 Å². The number of allylic oxidation sites excluding steroid dienone is 1. The summed E-state index contributed by atoms with van der Waals surface area (Å²) in [5.74, 6) is 0.606. The highest BCUT2D eigenvalue weighted by Gasteiger charge is 2.30. The van der Waals surface area contributed by atoms with Gasteiger partial charge in [-0.3, -0.25) is 0 Å². The van der Waals surface area contributed by atoms with Crippen LogP contribution in [0.3, 0.4) is 0 Å². The number of aromatic nitrogens is 1. The highest BCUT2D eigenvalue weighted by Crippen LogP contribution is 2.30. The highest BCUT2D eigenvalue weighted by atomic mass is 19.4. The van der Waals surface area contributed by atoms with Gasteiger partial charge in [0.2, 0.25) is 5.88 Å². The molecule has 0 unspecified atom stereocenters. The SMILES string of the molecule is C=C(C)c1cccc(Oc2ccc(C(F)(F)F)cn2)c1. The van der Waals surface area contributed by atoms with Gasteiger partial charge in [-0.1, -0.05) is 24.3 Å². The Morgan fingerprint density at radius 3 is 2.50 bits per heavy atom. The van der Waals surface area contributed by atoms with E-state index in [1.54, 1.807) is 18.2 Å². The lowest BCUT2D eigenvalue weighted by Crippen LogP contribution is -2.05. The van der Waals surface area contributed by atoms with Gasteiger partial charge in [-0.05, 0) is 30.7 Å². The molecule has 0 fully saturated rings. The smallest absolute Gasteiger partial charge is 0.417 e. The molecule has 0 radical (unpaired) electrons. The minimum Gasteiger partial charge on any atom is -0.439 e. The molecular formula is C15H12F3NO. The van der Waals surface area contributed by atoms with Gasteiger partial charge < -0.3 is 4.74 Å². The molecule has 1 aromatic carbocycles. The van der Waals surface area contributed by atoms with Crippen molar-refractivity contribution in [1.29, 1.82) is 0 Å². The molecule has 2 rings (SSSR count). The third kappa shape index (κ3) is 3.38. The maximum Gasteiger partial charge on any atom is 0.417 e. The molecule has 0 saturated heterocycles. The standard InChI is InChI=1S/C15H12F3NO/c1-10(2)11-4-3-5-13(8-11)20-14-7-6-12(9-19-14)15(16,17)18/h3-9H,1H2,2H3. The first kappa shape index (κ1) is 14.1. The first-order valence-electron chi connectivity index (χ1n) is 5.83. The van der Waals surface area contributed by atoms with Gasteiger partial charge in [0.15, 0.2) is 0 Å². The molecule has 0 aliphatic carbocycles. The lowest BCUT2D eigenvalue weighted by molar-refractivity contribution is -0.137. The lowest BCUT2D eigenvalue weighted by Gasteiger charge is -2.09. The Morgan fingerprint density at radius 2 is 1.95 bits per heavy atom. The Hall–Kier alpha value is -2.30. The number of alkyl halides is 3. The van der Waals surface area contributed by atoms with Gasteiger partial charge in [-0.2, -0.15) is 13.2 Å². The number of hydrogen-bond donors (Lipinski definition) is 0. The molecule has 2 nitrogen and oxygen atoms in total. The minimum atomic E-state index is -4.40. The molecule has 0 aliphatic heterocycles. The average Bonchev–Trinajstić information content (AvgIpc) is 2.38. The van der Waals surface area contributed by atoms with Crippen LogP contribution in [-0.2, 0) is 6.18 Å². The van der Waals surface area contributed by atoms with Crippen LogP contribution in [-0.4, -0.2) is 4.98 Å². The summed E-state index contributed by atoms with van der Waals surface area (Å²) in [4.78, 5) is 3.65. The van der Waals surface area contributed by atoms with Crippen molar-refractivity contribution in [3.63, 3.8) is 0 Å². The number of ether oxygens (including phenoxy) is 1. The third-order valence-corrected chi connectivity index (χ3v) is 2.61. The highest BCUT2D eigenvalue weighted by molar-refractivity contribution is 5.62. The summed E-state index contributed by atoms with van der Waals surface area (Å²) in [6, 6.07) is 9.23. The molecule has 0 N–H and O–H groups in total. The Balaban J connectivity index is 2.18. The summed E-state index contributed by atoms with van der Waals surface area (Å²) in [5, 5.41) is 0. The first-order chi connectivity index (χ1) is 9.36. The van der Waals surface area contributed by atoms with Crippen molar-refractivity contribution in [3.8, 4) is 11.6 Å². The van der Waals surface area contributed by atoms with Crippen LogP contribution >= 0.6 is 0 Å². The maximum atomic E-state index is 12.4. The normalized spacial score (nSPS) is 11.2. The van der Waals surface area contributed by atoms with E-state index in [1.807, 2.05) is 13.0 Å². The van der Waals surface area contributed by atoms with Gasteiger partial charge in [0, 0.05) is 12.3 Å². The molecule has 20 heavy (non-hydrogen) atoms. The number of pyridine rings is 1. The van der Waals surface area contributed by atoms with Gasteiger partial charge in [0.05, 0.1) is 5.56 Å². The predicted octanol–water partition coefficient (Wildman–Crippen LogP) is 4.93. The van der Waals surface area contributed by atoms with Crippen LogP contribution < -0.4 is 4.74 Å². The van der Waals surface area contributed by atoms with Crippen molar-refractivity contribution in [3.05, 3.63) is 60.3 Å². The summed E-state index contributed by atoms with van der Waals surface area (Å²) >= 11 is 0. The van der Waals surface area contributed by atoms with Crippen LogP contribution in [0.4, 0.5) is 13.2 Å². The Morgan fingerprint density at radius 1 is 1.20 bits per heavy atom. The maximum absolute atomic E-state index is 12.4. The fourth-order valence-corrected chi connectivity index (χ4v) is 1.55. The van der Waals surface area contributed by atoms with Crippen LogP contribution in [0.1, 0.15) is 18.1 Å². The largest absolute Gasteiger partial charge is 0.439 e. The van der Waals surface area contributed by atoms with Crippen LogP contribution in [0.15, 0.2) is 49.2 Å². The minimum absolute atomic E-state index is 0.108. The van der Waals surface area contributed by atoms with E-state index in [2.05, 4.69) is 11.6 Å². The fourth-order valence-electron chi connectivity index (χ4n) is 1.55. The Bertz CT molecular complexity index is 618. The topological polar surface area (TPSA) is 22.1 Å². The Labute approximate surface area is 114 Å². The third-order valence-electron chi connectivity index (χ3n) is 2.61. The molecule has 1 aromatic heterocycles. The number of hydrogen-bond acceptors (Lipinski definition) is 2. The number of benzene rings is 1. The second-order valence-electron chi connectivity index (χ2n) is 4.29. The Kier molecular flexibility index (Phi) is 3.79. The molecule has 1 heterocycles. The summed E-state index contributed by atoms with van der Waals surface area (Å²) in [5.41, 5.74) is 0.964. The van der Waals surface area contributed by atoms with E-state index in [1.165, 1.54) is 6.07 Å². The number of halogens is 3. The monoisotopic (exact) mass is 279 g/mol. The summed E-state index contributed by atoms with van der Waals surface area (Å²) in [6.45, 7) is 5.67. The van der Waals surface area contributed by atoms with E-state index in [0.717, 1.165) is 23.4 Å². The van der Waals surface area contributed by atoms with Crippen molar-refractivity contribution in [2.75, 3.05) is 0 Å². The molecular weight excluding hydrogens is 267 g/mol. The van der Waals surface area contributed by atoms with Gasteiger partial charge in [-0.15, -0.1) is 0 Å². The lowest BCUT2D eigenvalue weighted by atomic mass is 10.1. The number of rotatable bonds is 3. The van der Waals surface area contributed by atoms with Gasteiger partial charge in [0.25, 0.3) is 0 Å². The van der Waals surface area contributed by atoms with Crippen molar-refractivity contribution >= 4 is 5.57 Å². The van der Waals surface area contributed by atoms with E-state index >= 15 is 0 Å².